The van der Waals surface area contributed by atoms with Gasteiger partial charge in [0.2, 0.25) is 0 Å². The van der Waals surface area contributed by atoms with Gasteiger partial charge in [-0.3, -0.25) is 0 Å². The highest BCUT2D eigenvalue weighted by Crippen LogP contribution is 2.13. The van der Waals surface area contributed by atoms with E-state index >= 15 is 0 Å². The number of nitriles is 1. The molecule has 2 rings (SSSR count). The fourth-order valence-electron chi connectivity index (χ4n) is 1.46. The Morgan fingerprint density at radius 2 is 2.22 bits per heavy atom. The summed E-state index contributed by atoms with van der Waals surface area (Å²) in [7, 11) is 0. The Morgan fingerprint density at radius 1 is 1.39 bits per heavy atom. The van der Waals surface area contributed by atoms with E-state index in [9.17, 15) is 0 Å². The van der Waals surface area contributed by atoms with E-state index in [1.807, 2.05) is 25.4 Å². The predicted octanol–water partition coefficient (Wildman–Crippen LogP) is 2.04. The van der Waals surface area contributed by atoms with Gasteiger partial charge in [-0.1, -0.05) is 0 Å². The number of thiazole rings is 1. The van der Waals surface area contributed by atoms with Crippen LogP contribution in [0.15, 0.2) is 11.6 Å². The topological polar surface area (TPSA) is 71.7 Å². The summed E-state index contributed by atoms with van der Waals surface area (Å²) in [5.41, 5.74) is 3.91. The second-order valence-electron chi connectivity index (χ2n) is 3.75. The summed E-state index contributed by atoms with van der Waals surface area (Å²) in [4.78, 5) is 13.5. The molecule has 0 aliphatic heterocycles. The third kappa shape index (κ3) is 3.02. The van der Waals surface area contributed by atoms with Gasteiger partial charge in [0.05, 0.1) is 17.8 Å². The highest BCUT2D eigenvalue weighted by atomic mass is 32.1. The first kappa shape index (κ1) is 12.5. The number of ether oxygens (including phenoxy) is 1. The molecule has 0 amide bonds. The lowest BCUT2D eigenvalue weighted by atomic mass is 10.3. The van der Waals surface area contributed by atoms with Gasteiger partial charge in [-0.15, -0.1) is 11.3 Å². The lowest BCUT2D eigenvalue weighted by Gasteiger charge is -2.04. The molecule has 18 heavy (non-hydrogen) atoms. The summed E-state index contributed by atoms with van der Waals surface area (Å²) in [5.74, 6) is 0. The molecule has 0 radical (unpaired) electrons. The van der Waals surface area contributed by atoms with Crippen molar-refractivity contribution in [3.63, 3.8) is 0 Å². The minimum atomic E-state index is 0.258. The molecule has 0 aliphatic rings. The van der Waals surface area contributed by atoms with Crippen molar-refractivity contribution in [3.05, 3.63) is 33.5 Å². The van der Waals surface area contributed by atoms with Crippen LogP contribution in [-0.4, -0.2) is 21.6 Å². The normalized spacial score (nSPS) is 10.1. The van der Waals surface area contributed by atoms with E-state index in [1.54, 1.807) is 17.4 Å². The van der Waals surface area contributed by atoms with Gasteiger partial charge >= 0.3 is 6.01 Å². The van der Waals surface area contributed by atoms with Crippen LogP contribution in [-0.2, 0) is 6.42 Å². The minimum absolute atomic E-state index is 0.258. The van der Waals surface area contributed by atoms with E-state index in [2.05, 4.69) is 15.0 Å². The molecule has 2 heterocycles. The third-order valence-corrected chi connectivity index (χ3v) is 3.35. The zero-order valence-electron chi connectivity index (χ0n) is 10.2. The number of nitrogens with zero attached hydrogens (tertiary/aromatic N) is 4. The SMILES string of the molecule is Cc1cc(C#N)nc(OCCc2scnc2C)n1. The number of aryl methyl sites for hydroxylation is 2. The van der Waals surface area contributed by atoms with E-state index in [0.717, 1.165) is 17.8 Å². The predicted molar refractivity (Wildman–Crippen MR) is 67.5 cm³/mol. The molecular formula is C12H12N4OS. The average Bonchev–Trinajstić information content (AvgIpc) is 2.74. The lowest BCUT2D eigenvalue weighted by molar-refractivity contribution is 0.296. The van der Waals surface area contributed by atoms with E-state index in [1.165, 1.54) is 4.88 Å². The lowest BCUT2D eigenvalue weighted by Crippen LogP contribution is -2.05. The quantitative estimate of drug-likeness (QED) is 0.841. The van der Waals surface area contributed by atoms with Crippen molar-refractivity contribution in [3.8, 4) is 12.1 Å². The molecular weight excluding hydrogens is 248 g/mol. The van der Waals surface area contributed by atoms with Crippen LogP contribution in [0.2, 0.25) is 0 Å². The number of rotatable bonds is 4. The van der Waals surface area contributed by atoms with Crippen molar-refractivity contribution in [2.75, 3.05) is 6.61 Å². The molecule has 0 aliphatic carbocycles. The van der Waals surface area contributed by atoms with Crippen molar-refractivity contribution in [1.29, 1.82) is 5.26 Å². The highest BCUT2D eigenvalue weighted by molar-refractivity contribution is 7.09. The molecule has 5 nitrogen and oxygen atoms in total. The maximum Gasteiger partial charge on any atom is 0.317 e. The molecule has 0 saturated heterocycles. The molecule has 0 N–H and O–H groups in total. The molecule has 0 atom stereocenters. The van der Waals surface area contributed by atoms with Crippen LogP contribution in [0.5, 0.6) is 6.01 Å². The Bertz CT molecular complexity index is 588. The van der Waals surface area contributed by atoms with Crippen LogP contribution in [0.25, 0.3) is 0 Å². The van der Waals surface area contributed by atoms with Crippen molar-refractivity contribution in [2.24, 2.45) is 0 Å². The summed E-state index contributed by atoms with van der Waals surface area (Å²) < 4.78 is 5.46. The molecule has 0 saturated carbocycles. The van der Waals surface area contributed by atoms with Crippen LogP contribution in [0.1, 0.15) is 22.0 Å². The highest BCUT2D eigenvalue weighted by Gasteiger charge is 2.05. The number of hydrogen-bond acceptors (Lipinski definition) is 6. The van der Waals surface area contributed by atoms with Gasteiger partial charge in [0.1, 0.15) is 11.8 Å². The van der Waals surface area contributed by atoms with Crippen LogP contribution in [0.3, 0.4) is 0 Å². The zero-order valence-corrected chi connectivity index (χ0v) is 11.0. The molecule has 2 aromatic heterocycles. The van der Waals surface area contributed by atoms with Crippen molar-refractivity contribution in [2.45, 2.75) is 20.3 Å². The molecule has 0 bridgehead atoms. The van der Waals surface area contributed by atoms with Gasteiger partial charge in [0.25, 0.3) is 0 Å². The fourth-order valence-corrected chi connectivity index (χ4v) is 2.23. The van der Waals surface area contributed by atoms with Gasteiger partial charge in [-0.2, -0.15) is 10.2 Å². The molecule has 92 valence electrons. The summed E-state index contributed by atoms with van der Waals surface area (Å²) in [6, 6.07) is 3.87. The second kappa shape index (κ2) is 5.56. The summed E-state index contributed by atoms with van der Waals surface area (Å²) >= 11 is 1.61. The molecule has 0 aromatic carbocycles. The van der Waals surface area contributed by atoms with Crippen LogP contribution in [0.4, 0.5) is 0 Å². The van der Waals surface area contributed by atoms with Crippen molar-refractivity contribution in [1.82, 2.24) is 15.0 Å². The molecule has 6 heteroatoms. The summed E-state index contributed by atoms with van der Waals surface area (Å²) in [6.07, 6.45) is 0.774. The maximum atomic E-state index is 8.80. The van der Waals surface area contributed by atoms with Gasteiger partial charge in [-0.05, 0) is 19.9 Å². The number of aromatic nitrogens is 3. The van der Waals surface area contributed by atoms with Gasteiger partial charge in [0.15, 0.2) is 0 Å². The smallest absolute Gasteiger partial charge is 0.317 e. The van der Waals surface area contributed by atoms with E-state index in [4.69, 9.17) is 10.00 Å². The largest absolute Gasteiger partial charge is 0.463 e. The van der Waals surface area contributed by atoms with Crippen LogP contribution < -0.4 is 4.74 Å². The van der Waals surface area contributed by atoms with Gasteiger partial charge in [0, 0.05) is 17.0 Å². The molecule has 0 unspecified atom stereocenters. The van der Waals surface area contributed by atoms with Crippen LogP contribution >= 0.6 is 11.3 Å². The maximum absolute atomic E-state index is 8.80. The van der Waals surface area contributed by atoms with Gasteiger partial charge < -0.3 is 4.74 Å². The summed E-state index contributed by atoms with van der Waals surface area (Å²) in [6.45, 7) is 4.27. The third-order valence-electron chi connectivity index (χ3n) is 2.35. The second-order valence-corrected chi connectivity index (χ2v) is 4.69. The van der Waals surface area contributed by atoms with Gasteiger partial charge in [-0.25, -0.2) is 9.97 Å². The Labute approximate surface area is 109 Å². The zero-order chi connectivity index (χ0) is 13.0. The first-order valence-corrected chi connectivity index (χ1v) is 6.34. The summed E-state index contributed by atoms with van der Waals surface area (Å²) in [5, 5.41) is 8.80. The molecule has 2 aromatic rings. The number of hydrogen-bond donors (Lipinski definition) is 0. The molecule has 0 spiro atoms. The minimum Gasteiger partial charge on any atom is -0.463 e. The van der Waals surface area contributed by atoms with E-state index in [-0.39, 0.29) is 6.01 Å². The Morgan fingerprint density at radius 3 is 2.89 bits per heavy atom. The van der Waals surface area contributed by atoms with Crippen molar-refractivity contribution < 1.29 is 4.74 Å². The van der Waals surface area contributed by atoms with E-state index in [0.29, 0.717) is 12.3 Å². The average molecular weight is 260 g/mol. The standard InChI is InChI=1S/C12H12N4OS/c1-8-5-10(6-13)16-12(15-8)17-4-3-11-9(2)14-7-18-11/h5,7H,3-4H2,1-2H3. The molecule has 0 fully saturated rings. The Hall–Kier alpha value is -2.00. The van der Waals surface area contributed by atoms with E-state index < -0.39 is 0 Å². The Kier molecular flexibility index (Phi) is 3.85. The van der Waals surface area contributed by atoms with Crippen LogP contribution in [0, 0.1) is 25.2 Å². The Balaban J connectivity index is 1.97. The first-order valence-electron chi connectivity index (χ1n) is 5.46. The fraction of sp³-hybridized carbons (Fsp3) is 0.333. The monoisotopic (exact) mass is 260 g/mol. The van der Waals surface area contributed by atoms with Crippen molar-refractivity contribution >= 4 is 11.3 Å². The first-order chi connectivity index (χ1) is 8.69.